The largest absolute Gasteiger partial charge is 0.356 e. The minimum Gasteiger partial charge on any atom is -0.356 e. The molecule has 2 aromatic rings. The standard InChI is InChI=1S/C20H29N7O.HI/c1-4-5-11-21-20(22-13-18-25-24-15(2)26(18)3)23-16-12-19(28)27(14-16)17-9-7-6-8-10-17;/h6-10,16H,4-5,11-14H2,1-3H3,(H2,21,22,23);1H. The Morgan fingerprint density at radius 1 is 1.28 bits per heavy atom. The van der Waals surface area contributed by atoms with E-state index in [2.05, 4.69) is 32.7 Å². The first-order valence-corrected chi connectivity index (χ1v) is 9.83. The Morgan fingerprint density at radius 3 is 2.69 bits per heavy atom. The molecule has 1 saturated heterocycles. The van der Waals surface area contributed by atoms with Crippen LogP contribution < -0.4 is 15.5 Å². The number of anilines is 1. The molecule has 1 atom stereocenters. The molecule has 29 heavy (non-hydrogen) atoms. The lowest BCUT2D eigenvalue weighted by atomic mass is 10.2. The summed E-state index contributed by atoms with van der Waals surface area (Å²) in [5.41, 5.74) is 0.934. The van der Waals surface area contributed by atoms with Crippen LogP contribution in [-0.4, -0.2) is 45.8 Å². The third-order valence-corrected chi connectivity index (χ3v) is 4.92. The zero-order valence-electron chi connectivity index (χ0n) is 17.3. The summed E-state index contributed by atoms with van der Waals surface area (Å²) in [4.78, 5) is 19.0. The molecule has 0 spiro atoms. The lowest BCUT2D eigenvalue weighted by molar-refractivity contribution is -0.117. The number of hydrogen-bond acceptors (Lipinski definition) is 4. The average molecular weight is 511 g/mol. The van der Waals surface area contributed by atoms with Crippen LogP contribution in [0.15, 0.2) is 35.3 Å². The van der Waals surface area contributed by atoms with Gasteiger partial charge in [0.25, 0.3) is 0 Å². The molecule has 0 radical (unpaired) electrons. The SMILES string of the molecule is CCCCNC(=NCc1nnc(C)n1C)NC1CC(=O)N(c2ccccc2)C1.I. The number of hydrogen-bond donors (Lipinski definition) is 2. The van der Waals surface area contributed by atoms with Gasteiger partial charge in [-0.25, -0.2) is 4.99 Å². The van der Waals surface area contributed by atoms with Crippen LogP contribution in [0, 0.1) is 6.92 Å². The van der Waals surface area contributed by atoms with Gasteiger partial charge in [-0.15, -0.1) is 34.2 Å². The molecule has 158 valence electrons. The van der Waals surface area contributed by atoms with Gasteiger partial charge >= 0.3 is 0 Å². The van der Waals surface area contributed by atoms with Crippen molar-refractivity contribution >= 4 is 41.5 Å². The van der Waals surface area contributed by atoms with Gasteiger partial charge in [-0.2, -0.15) is 0 Å². The van der Waals surface area contributed by atoms with E-state index in [0.717, 1.165) is 36.7 Å². The first-order valence-electron chi connectivity index (χ1n) is 9.83. The third-order valence-electron chi connectivity index (χ3n) is 4.92. The quantitative estimate of drug-likeness (QED) is 0.258. The average Bonchev–Trinajstić information content (AvgIpc) is 3.23. The van der Waals surface area contributed by atoms with Crippen LogP contribution >= 0.6 is 24.0 Å². The monoisotopic (exact) mass is 511 g/mol. The summed E-state index contributed by atoms with van der Waals surface area (Å²) in [7, 11) is 1.94. The Morgan fingerprint density at radius 2 is 2.03 bits per heavy atom. The highest BCUT2D eigenvalue weighted by molar-refractivity contribution is 14.0. The number of para-hydroxylation sites is 1. The zero-order chi connectivity index (χ0) is 19.9. The number of aromatic nitrogens is 3. The van der Waals surface area contributed by atoms with E-state index in [1.807, 2.05) is 53.8 Å². The first-order chi connectivity index (χ1) is 13.6. The number of aliphatic imine (C=N–C) groups is 1. The van der Waals surface area contributed by atoms with Crippen LogP contribution in [0.2, 0.25) is 0 Å². The summed E-state index contributed by atoms with van der Waals surface area (Å²) < 4.78 is 1.93. The van der Waals surface area contributed by atoms with Crippen LogP contribution in [-0.2, 0) is 18.4 Å². The Balaban J connectivity index is 0.00000300. The molecular weight excluding hydrogens is 481 g/mol. The fraction of sp³-hybridized carbons (Fsp3) is 0.500. The maximum absolute atomic E-state index is 12.5. The van der Waals surface area contributed by atoms with Crippen molar-refractivity contribution < 1.29 is 4.79 Å². The Bertz CT molecular complexity index is 821. The number of carbonyl (C=O) groups is 1. The molecule has 0 saturated carbocycles. The summed E-state index contributed by atoms with van der Waals surface area (Å²) in [5.74, 6) is 2.50. The molecule has 2 N–H and O–H groups in total. The van der Waals surface area contributed by atoms with Gasteiger partial charge in [-0.05, 0) is 25.5 Å². The summed E-state index contributed by atoms with van der Waals surface area (Å²) in [6.45, 7) is 5.97. The van der Waals surface area contributed by atoms with Crippen LogP contribution in [0.5, 0.6) is 0 Å². The van der Waals surface area contributed by atoms with E-state index < -0.39 is 0 Å². The highest BCUT2D eigenvalue weighted by atomic mass is 127. The number of nitrogens with zero attached hydrogens (tertiary/aromatic N) is 5. The fourth-order valence-corrected chi connectivity index (χ4v) is 3.13. The lowest BCUT2D eigenvalue weighted by Gasteiger charge is -2.19. The van der Waals surface area contributed by atoms with Crippen LogP contribution in [0.4, 0.5) is 5.69 Å². The molecule has 9 heteroatoms. The summed E-state index contributed by atoms with van der Waals surface area (Å²) in [6.07, 6.45) is 2.61. The number of amides is 1. The summed E-state index contributed by atoms with van der Waals surface area (Å²) in [6, 6.07) is 9.80. The van der Waals surface area contributed by atoms with Crippen molar-refractivity contribution in [3.05, 3.63) is 42.0 Å². The van der Waals surface area contributed by atoms with Gasteiger partial charge < -0.3 is 20.1 Å². The Labute approximate surface area is 189 Å². The van der Waals surface area contributed by atoms with E-state index in [4.69, 9.17) is 0 Å². The second-order valence-corrected chi connectivity index (χ2v) is 7.05. The number of benzene rings is 1. The van der Waals surface area contributed by atoms with Crippen molar-refractivity contribution in [1.82, 2.24) is 25.4 Å². The Hall–Kier alpha value is -2.17. The smallest absolute Gasteiger partial charge is 0.229 e. The van der Waals surface area contributed by atoms with Gasteiger partial charge in [0.2, 0.25) is 5.91 Å². The number of guanidine groups is 1. The second-order valence-electron chi connectivity index (χ2n) is 7.05. The molecule has 1 aliphatic heterocycles. The second kappa shape index (κ2) is 11.1. The van der Waals surface area contributed by atoms with Gasteiger partial charge in [-0.1, -0.05) is 31.5 Å². The highest BCUT2D eigenvalue weighted by Crippen LogP contribution is 2.20. The highest BCUT2D eigenvalue weighted by Gasteiger charge is 2.31. The van der Waals surface area contributed by atoms with Gasteiger partial charge in [0.15, 0.2) is 11.8 Å². The Kier molecular flexibility index (Phi) is 8.87. The predicted octanol–water partition coefficient (Wildman–Crippen LogP) is 2.38. The molecule has 1 unspecified atom stereocenters. The van der Waals surface area contributed by atoms with Crippen molar-refractivity contribution in [2.45, 2.75) is 45.7 Å². The number of rotatable bonds is 7. The molecule has 1 amide bonds. The van der Waals surface area contributed by atoms with Gasteiger partial charge in [0.05, 0.1) is 6.04 Å². The fourth-order valence-electron chi connectivity index (χ4n) is 3.13. The lowest BCUT2D eigenvalue weighted by Crippen LogP contribution is -2.45. The van der Waals surface area contributed by atoms with E-state index >= 15 is 0 Å². The molecule has 8 nitrogen and oxygen atoms in total. The third kappa shape index (κ3) is 6.15. The van der Waals surface area contributed by atoms with E-state index in [1.165, 1.54) is 0 Å². The maximum Gasteiger partial charge on any atom is 0.229 e. The summed E-state index contributed by atoms with van der Waals surface area (Å²) in [5, 5.41) is 15.0. The van der Waals surface area contributed by atoms with Crippen LogP contribution in [0.1, 0.15) is 37.8 Å². The van der Waals surface area contributed by atoms with E-state index in [-0.39, 0.29) is 35.9 Å². The molecule has 0 bridgehead atoms. The normalized spacial score (nSPS) is 16.7. The maximum atomic E-state index is 12.5. The predicted molar refractivity (Wildman–Crippen MR) is 126 cm³/mol. The first kappa shape index (κ1) is 23.1. The molecule has 1 aliphatic rings. The summed E-state index contributed by atoms with van der Waals surface area (Å²) >= 11 is 0. The van der Waals surface area contributed by atoms with Gasteiger partial charge in [-0.3, -0.25) is 4.79 Å². The van der Waals surface area contributed by atoms with Crippen molar-refractivity contribution in [3.8, 4) is 0 Å². The number of carbonyl (C=O) groups excluding carboxylic acids is 1. The van der Waals surface area contributed by atoms with E-state index in [0.29, 0.717) is 25.5 Å². The molecule has 1 aromatic heterocycles. The van der Waals surface area contributed by atoms with Crippen molar-refractivity contribution in [1.29, 1.82) is 0 Å². The van der Waals surface area contributed by atoms with Crippen LogP contribution in [0.25, 0.3) is 0 Å². The van der Waals surface area contributed by atoms with Crippen molar-refractivity contribution in [3.63, 3.8) is 0 Å². The number of unbranched alkanes of at least 4 members (excludes halogenated alkanes) is 1. The number of nitrogens with one attached hydrogen (secondary N) is 2. The van der Waals surface area contributed by atoms with Crippen molar-refractivity contribution in [2.24, 2.45) is 12.0 Å². The molecule has 2 heterocycles. The van der Waals surface area contributed by atoms with Gasteiger partial charge in [0, 0.05) is 32.2 Å². The number of halogens is 1. The molecule has 1 fully saturated rings. The molecular formula is C20H30IN7O. The van der Waals surface area contributed by atoms with E-state index in [1.54, 1.807) is 0 Å². The molecule has 0 aliphatic carbocycles. The van der Waals surface area contributed by atoms with E-state index in [9.17, 15) is 4.79 Å². The molecule has 1 aromatic carbocycles. The number of aryl methyl sites for hydroxylation is 1. The van der Waals surface area contributed by atoms with Crippen LogP contribution in [0.3, 0.4) is 0 Å². The minimum atomic E-state index is 0. The topological polar surface area (TPSA) is 87.4 Å². The molecule has 3 rings (SSSR count). The minimum absolute atomic E-state index is 0. The zero-order valence-corrected chi connectivity index (χ0v) is 19.6. The van der Waals surface area contributed by atoms with Crippen molar-refractivity contribution in [2.75, 3.05) is 18.0 Å². The van der Waals surface area contributed by atoms with Gasteiger partial charge in [0.1, 0.15) is 12.4 Å².